The minimum absolute atomic E-state index is 0.296. The van der Waals surface area contributed by atoms with Gasteiger partial charge in [0.25, 0.3) is 0 Å². The summed E-state index contributed by atoms with van der Waals surface area (Å²) in [4.78, 5) is 4.89. The molecule has 182 valence electrons. The smallest absolute Gasteiger partial charge is 0.161 e. The first-order valence-corrected chi connectivity index (χ1v) is 12.2. The van der Waals surface area contributed by atoms with Gasteiger partial charge in [-0.25, -0.2) is 0 Å². The summed E-state index contributed by atoms with van der Waals surface area (Å²) in [6, 6.07) is 13.1. The minimum atomic E-state index is 0.296. The van der Waals surface area contributed by atoms with Gasteiger partial charge in [0.05, 0.1) is 25.8 Å². The zero-order chi connectivity index (χ0) is 23.8. The lowest BCUT2D eigenvalue weighted by Gasteiger charge is -2.39. The summed E-state index contributed by atoms with van der Waals surface area (Å²) in [5.74, 6) is 2.32. The largest absolute Gasteiger partial charge is 0.495 e. The van der Waals surface area contributed by atoms with Crippen LogP contribution in [0.4, 0.5) is 5.69 Å². The zero-order valence-electron chi connectivity index (χ0n) is 20.6. The van der Waals surface area contributed by atoms with Crippen LogP contribution in [0.15, 0.2) is 36.4 Å². The lowest BCUT2D eigenvalue weighted by atomic mass is 10.0. The molecule has 0 saturated carbocycles. The predicted octanol–water partition coefficient (Wildman–Crippen LogP) is 5.01. The van der Waals surface area contributed by atoms with Gasteiger partial charge >= 0.3 is 0 Å². The zero-order valence-corrected chi connectivity index (χ0v) is 21.3. The molecule has 3 rings (SSSR count). The summed E-state index contributed by atoms with van der Waals surface area (Å²) < 4.78 is 17.0. The second-order valence-corrected chi connectivity index (χ2v) is 9.15. The van der Waals surface area contributed by atoms with Crippen molar-refractivity contribution in [1.82, 2.24) is 10.2 Å². The maximum absolute atomic E-state index is 6.18. The van der Waals surface area contributed by atoms with Crippen LogP contribution < -0.4 is 24.4 Å². The number of rotatable bonds is 11. The third-order valence-electron chi connectivity index (χ3n) is 6.16. The number of piperazine rings is 1. The molecule has 6 nitrogen and oxygen atoms in total. The van der Waals surface area contributed by atoms with Gasteiger partial charge in [-0.05, 0) is 49.7 Å². The summed E-state index contributed by atoms with van der Waals surface area (Å²) >= 11 is 6.18. The van der Waals surface area contributed by atoms with Crippen molar-refractivity contribution in [2.75, 3.05) is 58.5 Å². The van der Waals surface area contributed by atoms with Crippen molar-refractivity contribution >= 4 is 17.3 Å². The molecule has 2 aromatic carbocycles. The van der Waals surface area contributed by atoms with E-state index in [9.17, 15) is 0 Å². The van der Waals surface area contributed by atoms with E-state index in [1.807, 2.05) is 18.2 Å². The SMILES string of the molecule is COc1cc(N2CCN(C(C)c3ccc(OCCCNC(C)C)c(OC)c3)CC2)ccc1Cl. The number of hydrogen-bond acceptors (Lipinski definition) is 6. The van der Waals surface area contributed by atoms with Gasteiger partial charge in [0.1, 0.15) is 5.75 Å². The number of halogens is 1. The molecule has 33 heavy (non-hydrogen) atoms. The third kappa shape index (κ3) is 6.92. The van der Waals surface area contributed by atoms with Crippen molar-refractivity contribution in [1.29, 1.82) is 0 Å². The quantitative estimate of drug-likeness (QED) is 0.461. The molecule has 0 aliphatic carbocycles. The van der Waals surface area contributed by atoms with Crippen LogP contribution in [0.1, 0.15) is 38.8 Å². The first-order valence-electron chi connectivity index (χ1n) is 11.8. The van der Waals surface area contributed by atoms with Crippen molar-refractivity contribution in [2.45, 2.75) is 39.3 Å². The van der Waals surface area contributed by atoms with Crippen molar-refractivity contribution < 1.29 is 14.2 Å². The Balaban J connectivity index is 1.56. The molecular weight excluding hydrogens is 438 g/mol. The van der Waals surface area contributed by atoms with Crippen LogP contribution in [0.3, 0.4) is 0 Å². The molecule has 0 amide bonds. The Morgan fingerprint density at radius 1 is 0.909 bits per heavy atom. The number of benzene rings is 2. The van der Waals surface area contributed by atoms with Crippen LogP contribution in [0.2, 0.25) is 5.02 Å². The first-order chi connectivity index (χ1) is 15.9. The highest BCUT2D eigenvalue weighted by Gasteiger charge is 2.23. The Hall–Kier alpha value is -2.15. The van der Waals surface area contributed by atoms with Crippen molar-refractivity contribution in [2.24, 2.45) is 0 Å². The summed E-state index contributed by atoms with van der Waals surface area (Å²) in [6.45, 7) is 12.1. The van der Waals surface area contributed by atoms with Crippen LogP contribution in [0.5, 0.6) is 17.2 Å². The molecule has 1 saturated heterocycles. The third-order valence-corrected chi connectivity index (χ3v) is 6.48. The highest BCUT2D eigenvalue weighted by molar-refractivity contribution is 6.32. The topological polar surface area (TPSA) is 46.2 Å². The summed E-state index contributed by atoms with van der Waals surface area (Å²) in [6.07, 6.45) is 0.962. The monoisotopic (exact) mass is 475 g/mol. The highest BCUT2D eigenvalue weighted by Crippen LogP contribution is 2.34. The second-order valence-electron chi connectivity index (χ2n) is 8.74. The molecule has 1 atom stereocenters. The summed E-state index contributed by atoms with van der Waals surface area (Å²) in [5.41, 5.74) is 2.39. The number of anilines is 1. The molecule has 1 N–H and O–H groups in total. The molecule has 0 bridgehead atoms. The molecule has 0 radical (unpaired) electrons. The lowest BCUT2D eigenvalue weighted by Crippen LogP contribution is -2.47. The molecular formula is C26H38ClN3O3. The van der Waals surface area contributed by atoms with Gasteiger partial charge in [-0.3, -0.25) is 4.90 Å². The normalized spacial score (nSPS) is 15.5. The molecule has 1 unspecified atom stereocenters. The van der Waals surface area contributed by atoms with Gasteiger partial charge in [-0.15, -0.1) is 0 Å². The van der Waals surface area contributed by atoms with E-state index in [-0.39, 0.29) is 0 Å². The van der Waals surface area contributed by atoms with Gasteiger partial charge < -0.3 is 24.4 Å². The molecule has 1 fully saturated rings. The van der Waals surface area contributed by atoms with Crippen molar-refractivity contribution in [3.63, 3.8) is 0 Å². The van der Waals surface area contributed by atoms with E-state index in [4.69, 9.17) is 25.8 Å². The van der Waals surface area contributed by atoms with Gasteiger partial charge in [0, 0.05) is 50.0 Å². The van der Waals surface area contributed by atoms with E-state index in [0.29, 0.717) is 23.7 Å². The fourth-order valence-electron chi connectivity index (χ4n) is 4.13. The van der Waals surface area contributed by atoms with Gasteiger partial charge in [-0.1, -0.05) is 31.5 Å². The Bertz CT molecular complexity index is 885. The van der Waals surface area contributed by atoms with Gasteiger partial charge in [0.2, 0.25) is 0 Å². The first kappa shape index (κ1) is 25.5. The summed E-state index contributed by atoms with van der Waals surface area (Å²) in [7, 11) is 3.36. The molecule has 7 heteroatoms. The molecule has 0 aromatic heterocycles. The molecule has 0 spiro atoms. The van der Waals surface area contributed by atoms with Crippen molar-refractivity contribution in [3.8, 4) is 17.2 Å². The Morgan fingerprint density at radius 3 is 2.30 bits per heavy atom. The maximum atomic E-state index is 6.18. The van der Waals surface area contributed by atoms with E-state index >= 15 is 0 Å². The number of ether oxygens (including phenoxy) is 3. The van der Waals surface area contributed by atoms with Crippen LogP contribution in [-0.4, -0.2) is 64.5 Å². The van der Waals surface area contributed by atoms with Crippen LogP contribution >= 0.6 is 11.6 Å². The number of hydrogen-bond donors (Lipinski definition) is 1. The minimum Gasteiger partial charge on any atom is -0.495 e. The van der Waals surface area contributed by atoms with Crippen LogP contribution in [0.25, 0.3) is 0 Å². The highest BCUT2D eigenvalue weighted by atomic mass is 35.5. The van der Waals surface area contributed by atoms with E-state index in [1.165, 1.54) is 5.56 Å². The second kappa shape index (κ2) is 12.4. The number of nitrogens with zero attached hydrogens (tertiary/aromatic N) is 2. The van der Waals surface area contributed by atoms with Gasteiger partial charge in [0.15, 0.2) is 11.5 Å². The fourth-order valence-corrected chi connectivity index (χ4v) is 4.33. The number of nitrogens with one attached hydrogen (secondary N) is 1. The Kier molecular flexibility index (Phi) is 9.53. The van der Waals surface area contributed by atoms with E-state index in [1.54, 1.807) is 14.2 Å². The molecule has 1 aliphatic rings. The average molecular weight is 476 g/mol. The van der Waals surface area contributed by atoms with E-state index in [2.05, 4.69) is 54.1 Å². The number of methoxy groups -OCH3 is 2. The average Bonchev–Trinajstić information content (AvgIpc) is 2.83. The van der Waals surface area contributed by atoms with Gasteiger partial charge in [-0.2, -0.15) is 0 Å². The van der Waals surface area contributed by atoms with E-state index < -0.39 is 0 Å². The fraction of sp³-hybridized carbons (Fsp3) is 0.538. The van der Waals surface area contributed by atoms with Crippen molar-refractivity contribution in [3.05, 3.63) is 47.0 Å². The molecule has 1 aliphatic heterocycles. The predicted molar refractivity (Wildman–Crippen MR) is 136 cm³/mol. The molecule has 2 aromatic rings. The summed E-state index contributed by atoms with van der Waals surface area (Å²) in [5, 5.41) is 4.05. The standard InChI is InChI=1S/C26H38ClN3O3/c1-19(2)28-11-6-16-33-24-10-7-21(17-26(24)32-5)20(3)29-12-14-30(15-13-29)22-8-9-23(27)25(18-22)31-4/h7-10,17-20,28H,6,11-16H2,1-5H3. The van der Waals surface area contributed by atoms with Crippen LogP contribution in [0, 0.1) is 0 Å². The Morgan fingerprint density at radius 2 is 1.64 bits per heavy atom. The Labute approximate surface area is 203 Å². The van der Waals surface area contributed by atoms with Crippen LogP contribution in [-0.2, 0) is 0 Å². The van der Waals surface area contributed by atoms with E-state index in [0.717, 1.165) is 62.1 Å². The lowest BCUT2D eigenvalue weighted by molar-refractivity contribution is 0.198. The maximum Gasteiger partial charge on any atom is 0.161 e. The molecule has 1 heterocycles.